The molecular formula is C14H23NO4. The minimum atomic E-state index is -0.964. The van der Waals surface area contributed by atoms with Crippen LogP contribution < -0.4 is 0 Å². The number of ether oxygens (including phenoxy) is 1. The minimum Gasteiger partial charge on any atom is -0.479 e. The van der Waals surface area contributed by atoms with Crippen LogP contribution in [0, 0.1) is 11.8 Å². The highest BCUT2D eigenvalue weighted by molar-refractivity contribution is 5.82. The van der Waals surface area contributed by atoms with Gasteiger partial charge in [-0.3, -0.25) is 4.79 Å². The Balaban J connectivity index is 1.83. The van der Waals surface area contributed by atoms with Crippen LogP contribution in [-0.2, 0) is 14.3 Å². The van der Waals surface area contributed by atoms with E-state index in [9.17, 15) is 9.59 Å². The summed E-state index contributed by atoms with van der Waals surface area (Å²) in [4.78, 5) is 24.9. The number of carbonyl (C=O) groups excluding carboxylic acids is 1. The Morgan fingerprint density at radius 3 is 2.16 bits per heavy atom. The van der Waals surface area contributed by atoms with E-state index in [-0.39, 0.29) is 5.91 Å². The summed E-state index contributed by atoms with van der Waals surface area (Å²) in [5.74, 6) is 0.372. The van der Waals surface area contributed by atoms with E-state index >= 15 is 0 Å². The van der Waals surface area contributed by atoms with Crippen molar-refractivity contribution in [2.75, 3.05) is 13.1 Å². The lowest BCUT2D eigenvalue weighted by Gasteiger charge is -2.35. The molecule has 19 heavy (non-hydrogen) atoms. The molecule has 1 N–H and O–H groups in total. The van der Waals surface area contributed by atoms with E-state index in [2.05, 4.69) is 13.8 Å². The number of carboxylic acids is 1. The predicted octanol–water partition coefficient (Wildman–Crippen LogP) is 1.51. The Labute approximate surface area is 113 Å². The van der Waals surface area contributed by atoms with Crippen LogP contribution in [0.15, 0.2) is 0 Å². The number of carbonyl (C=O) groups is 2. The van der Waals surface area contributed by atoms with Crippen LogP contribution in [0.1, 0.15) is 39.5 Å². The van der Waals surface area contributed by atoms with Gasteiger partial charge in [-0.25, -0.2) is 4.79 Å². The molecule has 2 saturated heterocycles. The molecule has 0 bridgehead atoms. The molecule has 2 heterocycles. The summed E-state index contributed by atoms with van der Waals surface area (Å²) in [5, 5.41) is 8.87. The normalized spacial score (nSPS) is 28.9. The van der Waals surface area contributed by atoms with E-state index in [0.29, 0.717) is 24.7 Å². The summed E-state index contributed by atoms with van der Waals surface area (Å²) in [5.41, 5.74) is 0. The third-order valence-corrected chi connectivity index (χ3v) is 4.36. The summed E-state index contributed by atoms with van der Waals surface area (Å²) in [7, 11) is 0. The van der Waals surface area contributed by atoms with Gasteiger partial charge in [-0.15, -0.1) is 0 Å². The fourth-order valence-electron chi connectivity index (χ4n) is 2.99. The first-order valence-electron chi connectivity index (χ1n) is 7.16. The lowest BCUT2D eigenvalue weighted by atomic mass is 9.86. The molecule has 0 spiro atoms. The molecule has 0 saturated carbocycles. The van der Waals surface area contributed by atoms with Gasteiger partial charge in [0.1, 0.15) is 6.10 Å². The molecule has 2 rings (SSSR count). The fourth-order valence-corrected chi connectivity index (χ4v) is 2.99. The highest BCUT2D eigenvalue weighted by Gasteiger charge is 2.37. The molecule has 2 aliphatic heterocycles. The Kier molecular flexibility index (Phi) is 4.45. The van der Waals surface area contributed by atoms with Crippen LogP contribution in [0.5, 0.6) is 0 Å². The summed E-state index contributed by atoms with van der Waals surface area (Å²) in [6, 6.07) is 0. The molecule has 2 fully saturated rings. The predicted molar refractivity (Wildman–Crippen MR) is 69.7 cm³/mol. The number of rotatable bonds is 3. The van der Waals surface area contributed by atoms with Crippen molar-refractivity contribution in [1.82, 2.24) is 4.90 Å². The molecule has 2 aliphatic rings. The third-order valence-electron chi connectivity index (χ3n) is 4.36. The fraction of sp³-hybridized carbons (Fsp3) is 0.857. The number of amides is 1. The second-order valence-corrected chi connectivity index (χ2v) is 5.94. The Morgan fingerprint density at radius 1 is 1.11 bits per heavy atom. The van der Waals surface area contributed by atoms with Gasteiger partial charge in [0.25, 0.3) is 5.91 Å². The van der Waals surface area contributed by atoms with Gasteiger partial charge in [0, 0.05) is 13.1 Å². The van der Waals surface area contributed by atoms with Crippen molar-refractivity contribution in [1.29, 1.82) is 0 Å². The van der Waals surface area contributed by atoms with Gasteiger partial charge in [-0.1, -0.05) is 13.8 Å². The number of carboxylic acid groups (broad SMARTS) is 1. The number of aliphatic carboxylic acids is 1. The van der Waals surface area contributed by atoms with Crippen molar-refractivity contribution in [2.24, 2.45) is 11.8 Å². The number of hydrogen-bond acceptors (Lipinski definition) is 3. The lowest BCUT2D eigenvalue weighted by Crippen LogP contribution is -2.44. The lowest BCUT2D eigenvalue weighted by molar-refractivity contribution is -0.155. The molecule has 2 atom stereocenters. The van der Waals surface area contributed by atoms with Crippen LogP contribution in [0.25, 0.3) is 0 Å². The third kappa shape index (κ3) is 3.26. The van der Waals surface area contributed by atoms with Crippen molar-refractivity contribution in [2.45, 2.75) is 51.7 Å². The molecule has 5 heteroatoms. The first-order chi connectivity index (χ1) is 8.99. The van der Waals surface area contributed by atoms with Crippen LogP contribution in [0.3, 0.4) is 0 Å². The largest absolute Gasteiger partial charge is 0.479 e. The maximum atomic E-state index is 12.3. The molecule has 0 radical (unpaired) electrons. The Bertz CT molecular complexity index is 347. The molecule has 2 unspecified atom stereocenters. The average molecular weight is 269 g/mol. The Hall–Kier alpha value is -1.10. The highest BCUT2D eigenvalue weighted by Crippen LogP contribution is 2.27. The molecular weight excluding hydrogens is 246 g/mol. The smallest absolute Gasteiger partial charge is 0.332 e. The molecule has 0 aromatic rings. The van der Waals surface area contributed by atoms with Crippen LogP contribution in [0.4, 0.5) is 0 Å². The van der Waals surface area contributed by atoms with Crippen molar-refractivity contribution >= 4 is 11.9 Å². The molecule has 108 valence electrons. The van der Waals surface area contributed by atoms with Gasteiger partial charge in [-0.05, 0) is 37.5 Å². The van der Waals surface area contributed by atoms with Crippen molar-refractivity contribution in [3.05, 3.63) is 0 Å². The SMILES string of the molecule is CC(C)C1CCN(C(=O)C2CCC(C(=O)O)O2)CC1. The number of nitrogens with zero attached hydrogens (tertiary/aromatic N) is 1. The van der Waals surface area contributed by atoms with Crippen molar-refractivity contribution in [3.8, 4) is 0 Å². The van der Waals surface area contributed by atoms with Crippen molar-refractivity contribution in [3.63, 3.8) is 0 Å². The molecule has 0 aromatic carbocycles. The first kappa shape index (κ1) is 14.3. The van der Waals surface area contributed by atoms with E-state index in [1.54, 1.807) is 0 Å². The van der Waals surface area contributed by atoms with Gasteiger partial charge in [0.05, 0.1) is 0 Å². The zero-order valence-corrected chi connectivity index (χ0v) is 11.7. The van der Waals surface area contributed by atoms with Gasteiger partial charge in [-0.2, -0.15) is 0 Å². The number of hydrogen-bond donors (Lipinski definition) is 1. The molecule has 0 aliphatic carbocycles. The summed E-state index contributed by atoms with van der Waals surface area (Å²) >= 11 is 0. The molecule has 1 amide bonds. The van der Waals surface area contributed by atoms with Crippen LogP contribution in [-0.4, -0.2) is 47.2 Å². The van der Waals surface area contributed by atoms with E-state index in [1.807, 2.05) is 4.90 Å². The second-order valence-electron chi connectivity index (χ2n) is 5.94. The standard InChI is InChI=1S/C14H23NO4/c1-9(2)10-5-7-15(8-6-10)13(16)11-3-4-12(19-11)14(17)18/h9-12H,3-8H2,1-2H3,(H,17,18). The summed E-state index contributed by atoms with van der Waals surface area (Å²) < 4.78 is 5.32. The zero-order chi connectivity index (χ0) is 14.0. The Morgan fingerprint density at radius 2 is 1.68 bits per heavy atom. The molecule has 5 nitrogen and oxygen atoms in total. The van der Waals surface area contributed by atoms with Gasteiger partial charge in [0.15, 0.2) is 6.10 Å². The monoisotopic (exact) mass is 269 g/mol. The zero-order valence-electron chi connectivity index (χ0n) is 11.7. The highest BCUT2D eigenvalue weighted by atomic mass is 16.5. The molecule has 0 aromatic heterocycles. The van der Waals surface area contributed by atoms with Crippen LogP contribution in [0.2, 0.25) is 0 Å². The van der Waals surface area contributed by atoms with Gasteiger partial charge < -0.3 is 14.7 Å². The summed E-state index contributed by atoms with van der Waals surface area (Å²) in [6.45, 7) is 6.00. The van der Waals surface area contributed by atoms with Gasteiger partial charge >= 0.3 is 5.97 Å². The average Bonchev–Trinajstić information content (AvgIpc) is 2.87. The quantitative estimate of drug-likeness (QED) is 0.843. The second kappa shape index (κ2) is 5.90. The maximum absolute atomic E-state index is 12.3. The van der Waals surface area contributed by atoms with E-state index in [4.69, 9.17) is 9.84 Å². The van der Waals surface area contributed by atoms with E-state index in [0.717, 1.165) is 25.9 Å². The van der Waals surface area contributed by atoms with Gasteiger partial charge in [0.2, 0.25) is 0 Å². The topological polar surface area (TPSA) is 66.8 Å². The summed E-state index contributed by atoms with van der Waals surface area (Å²) in [6.07, 6.45) is 1.70. The number of likely N-dealkylation sites (tertiary alicyclic amines) is 1. The van der Waals surface area contributed by atoms with Crippen LogP contribution >= 0.6 is 0 Å². The van der Waals surface area contributed by atoms with E-state index in [1.165, 1.54) is 0 Å². The van der Waals surface area contributed by atoms with Crippen molar-refractivity contribution < 1.29 is 19.4 Å². The van der Waals surface area contributed by atoms with E-state index < -0.39 is 18.2 Å². The minimum absolute atomic E-state index is 0.0223. The maximum Gasteiger partial charge on any atom is 0.332 e. The number of piperidine rings is 1. The first-order valence-corrected chi connectivity index (χ1v) is 7.16.